The van der Waals surface area contributed by atoms with E-state index in [4.69, 9.17) is 23.2 Å². The minimum Gasteiger partial charge on any atom is -0.127 e. The maximum atomic E-state index is 5.75. The molecule has 0 saturated heterocycles. The zero-order valence-electron chi connectivity index (χ0n) is 7.76. The molecule has 0 unspecified atom stereocenters. The fourth-order valence-corrected chi connectivity index (χ4v) is 0.854. The monoisotopic (exact) mass is 216 g/mol. The molecule has 0 atom stereocenters. The molecule has 0 N–H and O–H groups in total. The lowest BCUT2D eigenvalue weighted by Crippen LogP contribution is -1.69. The zero-order chi connectivity index (χ0) is 10.1. The van der Waals surface area contributed by atoms with Gasteiger partial charge in [-0.05, 0) is 18.1 Å². The summed E-state index contributed by atoms with van der Waals surface area (Å²) in [6.07, 6.45) is 2.82. The standard InChI is InChI=1S/C8H7Cl.C3H7Cl/c1-2-7-5-3-4-6-8(7)9;1-2-3-4/h2-6H,1H2;2-3H2,1H3. The van der Waals surface area contributed by atoms with Gasteiger partial charge in [0.15, 0.2) is 0 Å². The van der Waals surface area contributed by atoms with Gasteiger partial charge in [0.05, 0.1) is 0 Å². The SMILES string of the molecule is C=Cc1ccccc1Cl.CCCCl. The maximum absolute atomic E-state index is 5.75. The van der Waals surface area contributed by atoms with E-state index in [1.807, 2.05) is 31.2 Å². The molecule has 72 valence electrons. The molecule has 2 heteroatoms. The van der Waals surface area contributed by atoms with Gasteiger partial charge in [-0.25, -0.2) is 0 Å². The van der Waals surface area contributed by atoms with Crippen LogP contribution in [0.4, 0.5) is 0 Å². The van der Waals surface area contributed by atoms with Gasteiger partial charge in [-0.15, -0.1) is 11.6 Å². The Morgan fingerprint density at radius 1 is 1.38 bits per heavy atom. The second-order valence-electron chi connectivity index (χ2n) is 2.41. The molecule has 0 aliphatic heterocycles. The van der Waals surface area contributed by atoms with Gasteiger partial charge in [-0.2, -0.15) is 0 Å². The summed E-state index contributed by atoms with van der Waals surface area (Å²) < 4.78 is 0. The summed E-state index contributed by atoms with van der Waals surface area (Å²) in [6, 6.07) is 7.60. The molecule has 0 spiro atoms. The normalized spacial score (nSPS) is 8.54. The molecule has 0 aliphatic rings. The van der Waals surface area contributed by atoms with Crippen molar-refractivity contribution in [1.29, 1.82) is 0 Å². The predicted molar refractivity (Wildman–Crippen MR) is 62.6 cm³/mol. The van der Waals surface area contributed by atoms with Crippen molar-refractivity contribution in [3.8, 4) is 0 Å². The van der Waals surface area contributed by atoms with Crippen molar-refractivity contribution in [1.82, 2.24) is 0 Å². The smallest absolute Gasteiger partial charge is 0.0478 e. The first-order valence-electron chi connectivity index (χ1n) is 4.19. The Labute approximate surface area is 90.2 Å². The Hall–Kier alpha value is -0.460. The Kier molecular flexibility index (Phi) is 7.86. The molecule has 0 heterocycles. The molecule has 0 amide bonds. The van der Waals surface area contributed by atoms with E-state index < -0.39 is 0 Å². The minimum atomic E-state index is 0.757. The summed E-state index contributed by atoms with van der Waals surface area (Å²) in [5.41, 5.74) is 0.985. The zero-order valence-corrected chi connectivity index (χ0v) is 9.28. The Morgan fingerprint density at radius 2 is 1.92 bits per heavy atom. The van der Waals surface area contributed by atoms with Gasteiger partial charge in [0.2, 0.25) is 0 Å². The van der Waals surface area contributed by atoms with Crippen LogP contribution in [0, 0.1) is 0 Å². The van der Waals surface area contributed by atoms with Crippen LogP contribution in [0.1, 0.15) is 18.9 Å². The molecule has 0 bridgehead atoms. The van der Waals surface area contributed by atoms with Crippen LogP contribution in [0.15, 0.2) is 30.8 Å². The number of benzene rings is 1. The Morgan fingerprint density at radius 3 is 2.23 bits per heavy atom. The van der Waals surface area contributed by atoms with Crippen molar-refractivity contribution in [3.63, 3.8) is 0 Å². The third kappa shape index (κ3) is 5.73. The summed E-state index contributed by atoms with van der Waals surface area (Å²) in [6.45, 7) is 5.66. The third-order valence-electron chi connectivity index (χ3n) is 1.31. The number of hydrogen-bond donors (Lipinski definition) is 0. The van der Waals surface area contributed by atoms with E-state index >= 15 is 0 Å². The summed E-state index contributed by atoms with van der Waals surface area (Å²) in [7, 11) is 0. The highest BCUT2D eigenvalue weighted by atomic mass is 35.5. The molecular formula is C11H14Cl2. The van der Waals surface area contributed by atoms with Gasteiger partial charge >= 0.3 is 0 Å². The van der Waals surface area contributed by atoms with Gasteiger partial charge < -0.3 is 0 Å². The summed E-state index contributed by atoms with van der Waals surface area (Å²) in [4.78, 5) is 0. The summed E-state index contributed by atoms with van der Waals surface area (Å²) in [5, 5.41) is 0.757. The Balaban J connectivity index is 0.000000310. The van der Waals surface area contributed by atoms with Gasteiger partial charge in [-0.1, -0.05) is 49.4 Å². The number of hydrogen-bond acceptors (Lipinski definition) is 0. The van der Waals surface area contributed by atoms with Crippen LogP contribution in [0.2, 0.25) is 5.02 Å². The fourth-order valence-electron chi connectivity index (χ4n) is 0.641. The molecular weight excluding hydrogens is 203 g/mol. The molecule has 0 aromatic heterocycles. The number of alkyl halides is 1. The van der Waals surface area contributed by atoms with E-state index in [-0.39, 0.29) is 0 Å². The molecule has 0 aliphatic carbocycles. The summed E-state index contributed by atoms with van der Waals surface area (Å²) in [5.74, 6) is 0.792. The minimum absolute atomic E-state index is 0.757. The maximum Gasteiger partial charge on any atom is 0.0478 e. The van der Waals surface area contributed by atoms with Crippen LogP contribution in [0.25, 0.3) is 6.08 Å². The molecule has 13 heavy (non-hydrogen) atoms. The van der Waals surface area contributed by atoms with Crippen molar-refractivity contribution in [2.24, 2.45) is 0 Å². The lowest BCUT2D eigenvalue weighted by atomic mass is 10.2. The fraction of sp³-hybridized carbons (Fsp3) is 0.273. The second-order valence-corrected chi connectivity index (χ2v) is 3.20. The van der Waals surface area contributed by atoms with E-state index in [1.54, 1.807) is 6.08 Å². The molecule has 0 radical (unpaired) electrons. The van der Waals surface area contributed by atoms with Gasteiger partial charge in [-0.3, -0.25) is 0 Å². The van der Waals surface area contributed by atoms with Gasteiger partial charge in [0.1, 0.15) is 0 Å². The lowest BCUT2D eigenvalue weighted by molar-refractivity contribution is 1.10. The van der Waals surface area contributed by atoms with Crippen molar-refractivity contribution in [2.45, 2.75) is 13.3 Å². The van der Waals surface area contributed by atoms with Crippen LogP contribution >= 0.6 is 23.2 Å². The van der Waals surface area contributed by atoms with Crippen LogP contribution in [-0.4, -0.2) is 5.88 Å². The highest BCUT2D eigenvalue weighted by molar-refractivity contribution is 6.32. The number of halogens is 2. The third-order valence-corrected chi connectivity index (χ3v) is 2.04. The highest BCUT2D eigenvalue weighted by Gasteiger charge is 1.89. The van der Waals surface area contributed by atoms with Crippen LogP contribution < -0.4 is 0 Å². The van der Waals surface area contributed by atoms with Crippen LogP contribution in [0.3, 0.4) is 0 Å². The molecule has 1 aromatic carbocycles. The van der Waals surface area contributed by atoms with Crippen molar-refractivity contribution < 1.29 is 0 Å². The predicted octanol–water partition coefficient (Wildman–Crippen LogP) is 4.62. The van der Waals surface area contributed by atoms with E-state index in [1.165, 1.54) is 0 Å². The van der Waals surface area contributed by atoms with Crippen molar-refractivity contribution in [2.75, 3.05) is 5.88 Å². The van der Waals surface area contributed by atoms with Crippen LogP contribution in [0.5, 0.6) is 0 Å². The molecule has 1 rings (SSSR count). The first kappa shape index (κ1) is 12.5. The van der Waals surface area contributed by atoms with E-state index in [0.29, 0.717) is 0 Å². The van der Waals surface area contributed by atoms with Crippen molar-refractivity contribution >= 4 is 29.3 Å². The average Bonchev–Trinajstić information content (AvgIpc) is 2.19. The van der Waals surface area contributed by atoms with Crippen molar-refractivity contribution in [3.05, 3.63) is 41.4 Å². The Bertz CT molecular complexity index is 242. The molecule has 0 fully saturated rings. The molecule has 0 saturated carbocycles. The quantitative estimate of drug-likeness (QED) is 0.634. The van der Waals surface area contributed by atoms with E-state index in [2.05, 4.69) is 6.58 Å². The van der Waals surface area contributed by atoms with E-state index in [9.17, 15) is 0 Å². The number of rotatable bonds is 2. The lowest BCUT2D eigenvalue weighted by Gasteiger charge is -1.92. The average molecular weight is 217 g/mol. The van der Waals surface area contributed by atoms with Gasteiger partial charge in [0.25, 0.3) is 0 Å². The second kappa shape index (κ2) is 8.15. The summed E-state index contributed by atoms with van der Waals surface area (Å²) >= 11 is 10.9. The topological polar surface area (TPSA) is 0 Å². The van der Waals surface area contributed by atoms with Gasteiger partial charge in [0, 0.05) is 10.9 Å². The largest absolute Gasteiger partial charge is 0.127 e. The first-order valence-corrected chi connectivity index (χ1v) is 5.10. The highest BCUT2D eigenvalue weighted by Crippen LogP contribution is 2.14. The van der Waals surface area contributed by atoms with Crippen LogP contribution in [-0.2, 0) is 0 Å². The first-order chi connectivity index (χ1) is 6.26. The molecule has 1 aromatic rings. The molecule has 0 nitrogen and oxygen atoms in total. The van der Waals surface area contributed by atoms with E-state index in [0.717, 1.165) is 22.9 Å².